The lowest BCUT2D eigenvalue weighted by Gasteiger charge is -2.34. The number of hydrogen-bond acceptors (Lipinski definition) is 6. The van der Waals surface area contributed by atoms with Crippen LogP contribution < -0.4 is 21.3 Å². The number of nitrogens with one attached hydrogen (secondary N) is 2. The summed E-state index contributed by atoms with van der Waals surface area (Å²) in [5.41, 5.74) is 8.98. The first-order valence-electron chi connectivity index (χ1n) is 12.0. The molecule has 34 heavy (non-hydrogen) atoms. The standard InChI is InChI=1S/C26H38F2N4O2/c1-19(21-10-11-21)32-23(15-22-8-3-4-9-24(22)32)16-30-18-34-17-20(7-5-6-13-29)12-14-31-25(33)26(2,27)28/h3-9,12,14,19,21,23,25,30-31,33H,10-11,13,15-18,29H2,1-2H3/b6-5+,14-12-,20-7+. The number of nitrogens with two attached hydrogens (primary N) is 1. The van der Waals surface area contributed by atoms with E-state index in [4.69, 9.17) is 10.5 Å². The quantitative estimate of drug-likeness (QED) is 0.187. The fourth-order valence-corrected chi connectivity index (χ4v) is 4.29. The molecule has 6 nitrogen and oxygen atoms in total. The average molecular weight is 477 g/mol. The maximum absolute atomic E-state index is 13.1. The van der Waals surface area contributed by atoms with Crippen molar-refractivity contribution in [1.82, 2.24) is 10.6 Å². The summed E-state index contributed by atoms with van der Waals surface area (Å²) in [6.07, 6.45) is 9.95. The van der Waals surface area contributed by atoms with E-state index in [1.165, 1.54) is 30.3 Å². The molecule has 0 radical (unpaired) electrons. The Bertz CT molecular complexity index is 865. The molecule has 1 aliphatic heterocycles. The first-order chi connectivity index (χ1) is 16.3. The first kappa shape index (κ1) is 26.3. The largest absolute Gasteiger partial charge is 0.368 e. The number of hydrogen-bond donors (Lipinski definition) is 4. The summed E-state index contributed by atoms with van der Waals surface area (Å²) in [6.45, 7) is 4.85. The number of nitrogens with zero attached hydrogens (tertiary/aromatic N) is 1. The highest BCUT2D eigenvalue weighted by molar-refractivity contribution is 5.60. The molecule has 1 aromatic carbocycles. The Labute approximate surface area is 201 Å². The highest BCUT2D eigenvalue weighted by Crippen LogP contribution is 2.41. The lowest BCUT2D eigenvalue weighted by molar-refractivity contribution is -0.102. The molecule has 0 amide bonds. The van der Waals surface area contributed by atoms with E-state index in [1.54, 1.807) is 24.3 Å². The number of aliphatic hydroxyl groups is 1. The van der Waals surface area contributed by atoms with Gasteiger partial charge in [0.1, 0.15) is 0 Å². The second-order valence-corrected chi connectivity index (χ2v) is 9.18. The smallest absolute Gasteiger partial charge is 0.288 e. The molecule has 1 saturated carbocycles. The van der Waals surface area contributed by atoms with Crippen LogP contribution in [0.3, 0.4) is 0 Å². The summed E-state index contributed by atoms with van der Waals surface area (Å²) >= 11 is 0. The molecule has 1 fully saturated rings. The minimum Gasteiger partial charge on any atom is -0.368 e. The number of aliphatic hydroxyl groups excluding tert-OH is 1. The Kier molecular flexibility index (Phi) is 9.64. The number of allylic oxidation sites excluding steroid dienone is 2. The van der Waals surface area contributed by atoms with Gasteiger partial charge in [0.15, 0.2) is 6.23 Å². The lowest BCUT2D eigenvalue weighted by atomic mass is 10.1. The minimum atomic E-state index is -3.24. The van der Waals surface area contributed by atoms with Crippen molar-refractivity contribution in [2.75, 3.05) is 31.3 Å². The molecule has 0 spiro atoms. The molecule has 3 atom stereocenters. The molecule has 1 aliphatic carbocycles. The van der Waals surface area contributed by atoms with Crippen LogP contribution >= 0.6 is 0 Å². The van der Waals surface area contributed by atoms with Gasteiger partial charge in [0, 0.05) is 37.8 Å². The van der Waals surface area contributed by atoms with Crippen molar-refractivity contribution in [2.45, 2.75) is 57.3 Å². The van der Waals surface area contributed by atoms with Gasteiger partial charge in [-0.3, -0.25) is 5.32 Å². The predicted molar refractivity (Wildman–Crippen MR) is 133 cm³/mol. The van der Waals surface area contributed by atoms with Crippen LogP contribution in [0.15, 0.2) is 60.3 Å². The predicted octanol–water partition coefficient (Wildman–Crippen LogP) is 3.30. The number of fused-ring (bicyclic) bond motifs is 1. The third-order valence-corrected chi connectivity index (χ3v) is 6.33. The van der Waals surface area contributed by atoms with Crippen LogP contribution in [0, 0.1) is 5.92 Å². The molecule has 8 heteroatoms. The average Bonchev–Trinajstić information content (AvgIpc) is 3.58. The molecular formula is C26H38F2N4O2. The molecule has 0 aromatic heterocycles. The van der Waals surface area contributed by atoms with E-state index in [2.05, 4.69) is 46.7 Å². The van der Waals surface area contributed by atoms with Gasteiger partial charge >= 0.3 is 0 Å². The molecular weight excluding hydrogens is 438 g/mol. The number of para-hydroxylation sites is 1. The van der Waals surface area contributed by atoms with Gasteiger partial charge in [-0.05, 0) is 61.6 Å². The molecule has 5 N–H and O–H groups in total. The molecule has 1 heterocycles. The fourth-order valence-electron chi connectivity index (χ4n) is 4.29. The molecule has 0 saturated heterocycles. The van der Waals surface area contributed by atoms with E-state index in [-0.39, 0.29) is 6.61 Å². The number of ether oxygens (including phenoxy) is 1. The molecule has 2 aliphatic rings. The minimum absolute atomic E-state index is 0.284. The highest BCUT2D eigenvalue weighted by Gasteiger charge is 2.39. The van der Waals surface area contributed by atoms with Gasteiger partial charge in [0.05, 0.1) is 13.3 Å². The second-order valence-electron chi connectivity index (χ2n) is 9.18. The van der Waals surface area contributed by atoms with Crippen molar-refractivity contribution in [1.29, 1.82) is 0 Å². The van der Waals surface area contributed by atoms with Crippen LogP contribution in [0.1, 0.15) is 32.3 Å². The zero-order valence-electron chi connectivity index (χ0n) is 20.1. The van der Waals surface area contributed by atoms with Gasteiger partial charge in [0.25, 0.3) is 5.92 Å². The molecule has 3 rings (SSSR count). The van der Waals surface area contributed by atoms with Crippen LogP contribution in [-0.2, 0) is 11.2 Å². The van der Waals surface area contributed by atoms with E-state index in [1.807, 2.05) is 0 Å². The number of rotatable bonds is 14. The molecule has 3 unspecified atom stereocenters. The summed E-state index contributed by atoms with van der Waals surface area (Å²) in [5.74, 6) is -2.45. The van der Waals surface area contributed by atoms with Crippen LogP contribution in [0.5, 0.6) is 0 Å². The van der Waals surface area contributed by atoms with Crippen LogP contribution in [0.2, 0.25) is 0 Å². The Balaban J connectivity index is 1.48. The number of halogens is 2. The summed E-state index contributed by atoms with van der Waals surface area (Å²) in [5, 5.41) is 15.1. The zero-order chi connectivity index (χ0) is 24.6. The number of anilines is 1. The molecule has 1 aromatic rings. The maximum Gasteiger partial charge on any atom is 0.288 e. The summed E-state index contributed by atoms with van der Waals surface area (Å²) < 4.78 is 32.0. The van der Waals surface area contributed by atoms with Crippen molar-refractivity contribution in [2.24, 2.45) is 11.7 Å². The fraction of sp³-hybridized carbons (Fsp3) is 0.538. The van der Waals surface area contributed by atoms with Gasteiger partial charge in [-0.25, -0.2) is 8.78 Å². The van der Waals surface area contributed by atoms with Gasteiger partial charge in [0.2, 0.25) is 0 Å². The Morgan fingerprint density at radius 1 is 1.35 bits per heavy atom. The third-order valence-electron chi connectivity index (χ3n) is 6.33. The Hall–Kier alpha value is -2.26. The lowest BCUT2D eigenvalue weighted by Crippen LogP contribution is -2.46. The van der Waals surface area contributed by atoms with Gasteiger partial charge in [-0.1, -0.05) is 36.4 Å². The molecule has 0 bridgehead atoms. The van der Waals surface area contributed by atoms with Gasteiger partial charge < -0.3 is 25.8 Å². The topological polar surface area (TPSA) is 82.8 Å². The highest BCUT2D eigenvalue weighted by atomic mass is 19.3. The monoisotopic (exact) mass is 476 g/mol. The summed E-state index contributed by atoms with van der Waals surface area (Å²) in [6, 6.07) is 9.58. The van der Waals surface area contributed by atoms with E-state index in [9.17, 15) is 13.9 Å². The number of alkyl halides is 2. The van der Waals surface area contributed by atoms with E-state index < -0.39 is 12.2 Å². The summed E-state index contributed by atoms with van der Waals surface area (Å²) in [7, 11) is 0. The Morgan fingerprint density at radius 3 is 2.82 bits per heavy atom. The van der Waals surface area contributed by atoms with Crippen molar-refractivity contribution in [3.05, 3.63) is 65.9 Å². The van der Waals surface area contributed by atoms with E-state index in [0.29, 0.717) is 32.3 Å². The Morgan fingerprint density at radius 2 is 2.12 bits per heavy atom. The van der Waals surface area contributed by atoms with Gasteiger partial charge in [-0.2, -0.15) is 0 Å². The second kappa shape index (κ2) is 12.4. The van der Waals surface area contributed by atoms with Crippen molar-refractivity contribution < 1.29 is 18.6 Å². The van der Waals surface area contributed by atoms with E-state index >= 15 is 0 Å². The van der Waals surface area contributed by atoms with Crippen molar-refractivity contribution >= 4 is 5.69 Å². The SMILES string of the molecule is CC(C1CC1)N1c2ccccc2CC1CNCOCC(/C=C\NC(O)C(C)(F)F)=C/C=C/CN. The summed E-state index contributed by atoms with van der Waals surface area (Å²) in [4.78, 5) is 2.58. The van der Waals surface area contributed by atoms with Crippen molar-refractivity contribution in [3.8, 4) is 0 Å². The van der Waals surface area contributed by atoms with Gasteiger partial charge in [-0.15, -0.1) is 0 Å². The maximum atomic E-state index is 13.1. The zero-order valence-corrected chi connectivity index (χ0v) is 20.1. The number of benzene rings is 1. The van der Waals surface area contributed by atoms with Crippen LogP contribution in [0.4, 0.5) is 14.5 Å². The van der Waals surface area contributed by atoms with Crippen molar-refractivity contribution in [3.63, 3.8) is 0 Å². The van der Waals surface area contributed by atoms with Crippen LogP contribution in [0.25, 0.3) is 0 Å². The van der Waals surface area contributed by atoms with Crippen LogP contribution in [-0.4, -0.2) is 55.8 Å². The third kappa shape index (κ3) is 7.63. The van der Waals surface area contributed by atoms with E-state index in [0.717, 1.165) is 24.5 Å². The molecule has 188 valence electrons. The first-order valence-corrected chi connectivity index (χ1v) is 12.0. The normalized spacial score (nSPS) is 20.8.